The van der Waals surface area contributed by atoms with Gasteiger partial charge < -0.3 is 24.4 Å². The van der Waals surface area contributed by atoms with E-state index in [0.717, 1.165) is 11.3 Å². The lowest BCUT2D eigenvalue weighted by Gasteiger charge is -2.22. The van der Waals surface area contributed by atoms with E-state index in [-0.39, 0.29) is 11.5 Å². The van der Waals surface area contributed by atoms with Crippen LogP contribution in [0.25, 0.3) is 0 Å². The number of para-hydroxylation sites is 1. The topological polar surface area (TPSA) is 55.3 Å². The van der Waals surface area contributed by atoms with E-state index in [9.17, 15) is 8.78 Å². The maximum absolute atomic E-state index is 12.6. The monoisotopic (exact) mass is 393 g/mol. The van der Waals surface area contributed by atoms with E-state index in [1.807, 2.05) is 42.3 Å². The van der Waals surface area contributed by atoms with Gasteiger partial charge >= 0.3 is 6.61 Å². The highest BCUT2D eigenvalue weighted by Gasteiger charge is 2.12. The predicted octanol–water partition coefficient (Wildman–Crippen LogP) is 3.38. The molecule has 0 aliphatic carbocycles. The van der Waals surface area contributed by atoms with Crippen molar-refractivity contribution in [2.45, 2.75) is 13.2 Å². The molecule has 2 aromatic carbocycles. The molecule has 0 fully saturated rings. The molecular weight excluding hydrogens is 368 g/mol. The molecule has 0 spiro atoms. The van der Waals surface area contributed by atoms with Crippen LogP contribution in [-0.4, -0.2) is 51.8 Å². The van der Waals surface area contributed by atoms with Crippen LogP contribution < -0.4 is 19.5 Å². The van der Waals surface area contributed by atoms with Gasteiger partial charge in [-0.25, -0.2) is 0 Å². The number of guanidine groups is 1. The van der Waals surface area contributed by atoms with Gasteiger partial charge in [-0.3, -0.25) is 4.99 Å². The predicted molar refractivity (Wildman–Crippen MR) is 104 cm³/mol. The number of rotatable bonds is 9. The lowest BCUT2D eigenvalue weighted by molar-refractivity contribution is -0.0512. The van der Waals surface area contributed by atoms with Crippen molar-refractivity contribution in [1.29, 1.82) is 0 Å². The Kier molecular flexibility index (Phi) is 8.33. The van der Waals surface area contributed by atoms with Gasteiger partial charge in [-0.1, -0.05) is 24.3 Å². The summed E-state index contributed by atoms with van der Waals surface area (Å²) in [5.74, 6) is 1.72. The highest BCUT2D eigenvalue weighted by Crippen LogP contribution is 2.29. The molecule has 0 aliphatic heterocycles. The summed E-state index contributed by atoms with van der Waals surface area (Å²) in [7, 11) is 4.97. The summed E-state index contributed by atoms with van der Waals surface area (Å²) < 4.78 is 40.3. The third kappa shape index (κ3) is 6.61. The van der Waals surface area contributed by atoms with Crippen molar-refractivity contribution < 1.29 is 23.0 Å². The second-order valence-electron chi connectivity index (χ2n) is 5.85. The fraction of sp³-hybridized carbons (Fsp3) is 0.350. The zero-order chi connectivity index (χ0) is 20.4. The molecule has 0 radical (unpaired) electrons. The number of aliphatic imine (C=N–C) groups is 1. The van der Waals surface area contributed by atoms with Crippen molar-refractivity contribution in [3.8, 4) is 17.2 Å². The van der Waals surface area contributed by atoms with Gasteiger partial charge in [0.25, 0.3) is 0 Å². The van der Waals surface area contributed by atoms with Gasteiger partial charge in [0.15, 0.2) is 17.5 Å². The van der Waals surface area contributed by atoms with Crippen LogP contribution in [0, 0.1) is 0 Å². The highest BCUT2D eigenvalue weighted by molar-refractivity contribution is 5.79. The van der Waals surface area contributed by atoms with Crippen molar-refractivity contribution in [1.82, 2.24) is 10.2 Å². The molecule has 0 amide bonds. The number of hydrogen-bond donors (Lipinski definition) is 1. The standard InChI is InChI=1S/C20H25F2N3O3/c1-23-20(25(2)11-12-27-16-7-5-4-6-8-16)24-14-15-9-10-17(26-3)18(13-15)28-19(21)22/h4-10,13,19H,11-12,14H2,1-3H3,(H,23,24). The Balaban J connectivity index is 1.88. The Hall–Kier alpha value is -3.03. The van der Waals surface area contributed by atoms with Crippen LogP contribution in [0.2, 0.25) is 0 Å². The number of methoxy groups -OCH3 is 1. The molecule has 0 atom stereocenters. The van der Waals surface area contributed by atoms with Crippen LogP contribution in [0.1, 0.15) is 5.56 Å². The van der Waals surface area contributed by atoms with Crippen molar-refractivity contribution in [3.05, 3.63) is 54.1 Å². The maximum atomic E-state index is 12.6. The van der Waals surface area contributed by atoms with Crippen LogP contribution in [-0.2, 0) is 6.54 Å². The summed E-state index contributed by atoms with van der Waals surface area (Å²) in [5, 5.41) is 3.19. The molecule has 0 aliphatic rings. The van der Waals surface area contributed by atoms with Crippen LogP contribution in [0.4, 0.5) is 8.78 Å². The van der Waals surface area contributed by atoms with Gasteiger partial charge in [0, 0.05) is 20.6 Å². The smallest absolute Gasteiger partial charge is 0.387 e. The number of nitrogens with zero attached hydrogens (tertiary/aromatic N) is 2. The Morgan fingerprint density at radius 2 is 1.89 bits per heavy atom. The van der Waals surface area contributed by atoms with E-state index in [1.165, 1.54) is 13.2 Å². The highest BCUT2D eigenvalue weighted by atomic mass is 19.3. The van der Waals surface area contributed by atoms with Crippen LogP contribution in [0.3, 0.4) is 0 Å². The summed E-state index contributed by atoms with van der Waals surface area (Å²) in [5.41, 5.74) is 0.756. The fourth-order valence-corrected chi connectivity index (χ4v) is 2.51. The van der Waals surface area contributed by atoms with Gasteiger partial charge in [0.1, 0.15) is 12.4 Å². The summed E-state index contributed by atoms with van der Waals surface area (Å²) >= 11 is 0. The van der Waals surface area contributed by atoms with E-state index < -0.39 is 6.61 Å². The molecule has 2 rings (SSSR count). The third-order valence-electron chi connectivity index (χ3n) is 3.91. The van der Waals surface area contributed by atoms with Gasteiger partial charge in [-0.15, -0.1) is 0 Å². The zero-order valence-corrected chi connectivity index (χ0v) is 16.2. The first-order valence-corrected chi connectivity index (χ1v) is 8.75. The van der Waals surface area contributed by atoms with Crippen LogP contribution >= 0.6 is 0 Å². The summed E-state index contributed by atoms with van der Waals surface area (Å²) in [6.07, 6.45) is 0. The van der Waals surface area contributed by atoms with E-state index in [1.54, 1.807) is 19.2 Å². The first-order chi connectivity index (χ1) is 13.5. The van der Waals surface area contributed by atoms with Crippen molar-refractivity contribution in [2.24, 2.45) is 4.99 Å². The second kappa shape index (κ2) is 11.0. The first-order valence-electron chi connectivity index (χ1n) is 8.75. The molecule has 8 heteroatoms. The van der Waals surface area contributed by atoms with Crippen molar-refractivity contribution >= 4 is 5.96 Å². The Bertz CT molecular complexity index is 758. The minimum atomic E-state index is -2.92. The quantitative estimate of drug-likeness (QED) is 0.523. The van der Waals surface area contributed by atoms with Gasteiger partial charge in [0.05, 0.1) is 13.7 Å². The molecule has 0 unspecified atom stereocenters. The number of ether oxygens (including phenoxy) is 3. The summed E-state index contributed by atoms with van der Waals surface area (Å²) in [6, 6.07) is 14.4. The number of hydrogen-bond acceptors (Lipinski definition) is 4. The third-order valence-corrected chi connectivity index (χ3v) is 3.91. The maximum Gasteiger partial charge on any atom is 0.387 e. The fourth-order valence-electron chi connectivity index (χ4n) is 2.51. The first kappa shape index (κ1) is 21.3. The molecule has 0 saturated carbocycles. The van der Waals surface area contributed by atoms with Crippen LogP contribution in [0.5, 0.6) is 17.2 Å². The molecule has 2 aromatic rings. The minimum Gasteiger partial charge on any atom is -0.493 e. The zero-order valence-electron chi connectivity index (χ0n) is 16.2. The van der Waals surface area contributed by atoms with E-state index in [2.05, 4.69) is 15.0 Å². The molecule has 0 aromatic heterocycles. The Morgan fingerprint density at radius 3 is 2.54 bits per heavy atom. The molecule has 152 valence electrons. The summed E-state index contributed by atoms with van der Waals surface area (Å²) in [4.78, 5) is 6.15. The Labute approximate surface area is 163 Å². The van der Waals surface area contributed by atoms with Crippen LogP contribution in [0.15, 0.2) is 53.5 Å². The molecule has 28 heavy (non-hydrogen) atoms. The van der Waals surface area contributed by atoms with Gasteiger partial charge in [-0.05, 0) is 29.8 Å². The number of likely N-dealkylation sites (N-methyl/N-ethyl adjacent to an activating group) is 1. The normalized spacial score (nSPS) is 11.3. The van der Waals surface area contributed by atoms with Crippen molar-refractivity contribution in [2.75, 3.05) is 34.4 Å². The number of alkyl halides is 2. The Morgan fingerprint density at radius 1 is 1.14 bits per heavy atom. The summed E-state index contributed by atoms with van der Waals surface area (Å²) in [6.45, 7) is -1.41. The largest absolute Gasteiger partial charge is 0.493 e. The lowest BCUT2D eigenvalue weighted by Crippen LogP contribution is -2.40. The van der Waals surface area contributed by atoms with Crippen molar-refractivity contribution in [3.63, 3.8) is 0 Å². The molecule has 0 heterocycles. The average molecular weight is 393 g/mol. The molecule has 6 nitrogen and oxygen atoms in total. The number of halogens is 2. The van der Waals surface area contributed by atoms with E-state index in [0.29, 0.717) is 25.7 Å². The SMILES string of the molecule is CN=C(NCc1ccc(OC)c(OC(F)F)c1)N(C)CCOc1ccccc1. The lowest BCUT2D eigenvalue weighted by atomic mass is 10.2. The van der Waals surface area contributed by atoms with E-state index in [4.69, 9.17) is 9.47 Å². The molecule has 0 saturated heterocycles. The number of benzene rings is 2. The van der Waals surface area contributed by atoms with E-state index >= 15 is 0 Å². The average Bonchev–Trinajstić information content (AvgIpc) is 2.69. The minimum absolute atomic E-state index is 0.00333. The number of nitrogens with one attached hydrogen (secondary N) is 1. The van der Waals surface area contributed by atoms with Gasteiger partial charge in [0.2, 0.25) is 0 Å². The molecular formula is C20H25F2N3O3. The second-order valence-corrected chi connectivity index (χ2v) is 5.85. The molecule has 1 N–H and O–H groups in total. The molecule has 0 bridgehead atoms. The van der Waals surface area contributed by atoms with Gasteiger partial charge in [-0.2, -0.15) is 8.78 Å².